The normalized spacial score (nSPS) is 12.5. The summed E-state index contributed by atoms with van der Waals surface area (Å²) in [5, 5.41) is 0. The van der Waals surface area contributed by atoms with E-state index in [2.05, 4.69) is 0 Å². The summed E-state index contributed by atoms with van der Waals surface area (Å²) in [6.45, 7) is -0.145. The Kier molecular flexibility index (Phi) is 5.81. The lowest BCUT2D eigenvalue weighted by Gasteiger charge is -2.23. The van der Waals surface area contributed by atoms with Crippen LogP contribution < -0.4 is 4.90 Å². The van der Waals surface area contributed by atoms with Gasteiger partial charge in [-0.1, -0.05) is 48.5 Å². The lowest BCUT2D eigenvalue weighted by Crippen LogP contribution is -2.34. The fourth-order valence-corrected chi connectivity index (χ4v) is 3.47. The van der Waals surface area contributed by atoms with Crippen molar-refractivity contribution in [2.75, 3.05) is 18.6 Å². The smallest absolute Gasteiger partial charge is 0.338 e. The zero-order valence-electron chi connectivity index (χ0n) is 17.4. The highest BCUT2D eigenvalue weighted by molar-refractivity contribution is 6.21. The molecule has 1 aliphatic heterocycles. The third kappa shape index (κ3) is 4.13. The highest BCUT2D eigenvalue weighted by Gasteiger charge is 2.33. The molecule has 0 atom stereocenters. The second kappa shape index (κ2) is 8.85. The molecule has 1 heterocycles. The van der Waals surface area contributed by atoms with Crippen molar-refractivity contribution in [2.45, 2.75) is 6.54 Å². The first-order valence-electron chi connectivity index (χ1n) is 9.98. The Morgan fingerprint density at radius 2 is 1.47 bits per heavy atom. The molecule has 3 amide bonds. The molecule has 3 aromatic carbocycles. The average Bonchev–Trinajstić information content (AvgIpc) is 3.05. The van der Waals surface area contributed by atoms with E-state index in [0.29, 0.717) is 12.2 Å². The summed E-state index contributed by atoms with van der Waals surface area (Å²) in [4.78, 5) is 52.2. The number of carbonyl (C=O) groups is 4. The molecule has 0 radical (unpaired) electrons. The molecule has 1 aliphatic rings. The standard InChI is InChI=1S/C25H20N2O5/c1-26-23(29)20-13-12-18(14-21(20)24(26)30)25(31)32-16-22(28)27(19-10-6-3-7-11-19)15-17-8-4-2-5-9-17/h2-14H,15-16H2,1H3. The molecule has 0 aliphatic carbocycles. The van der Waals surface area contributed by atoms with E-state index in [4.69, 9.17) is 4.74 Å². The summed E-state index contributed by atoms with van der Waals surface area (Å²) >= 11 is 0. The van der Waals surface area contributed by atoms with E-state index in [1.54, 1.807) is 4.90 Å². The number of nitrogens with zero attached hydrogens (tertiary/aromatic N) is 2. The van der Waals surface area contributed by atoms with Crippen molar-refractivity contribution in [3.05, 3.63) is 101 Å². The highest BCUT2D eigenvalue weighted by Crippen LogP contribution is 2.23. The number of hydrogen-bond donors (Lipinski definition) is 0. The van der Waals surface area contributed by atoms with Gasteiger partial charge >= 0.3 is 5.97 Å². The molecular formula is C25H20N2O5. The number of benzene rings is 3. The molecule has 0 N–H and O–H groups in total. The minimum atomic E-state index is -0.747. The average molecular weight is 428 g/mol. The van der Waals surface area contributed by atoms with E-state index < -0.39 is 24.4 Å². The first kappa shape index (κ1) is 21.0. The van der Waals surface area contributed by atoms with Gasteiger partial charge in [-0.15, -0.1) is 0 Å². The van der Waals surface area contributed by atoms with Gasteiger partial charge in [0.2, 0.25) is 0 Å². The highest BCUT2D eigenvalue weighted by atomic mass is 16.5. The van der Waals surface area contributed by atoms with Crippen LogP contribution in [0.4, 0.5) is 5.69 Å². The van der Waals surface area contributed by atoms with Crippen molar-refractivity contribution in [3.63, 3.8) is 0 Å². The Labute approximate surface area is 184 Å². The van der Waals surface area contributed by atoms with Crippen molar-refractivity contribution in [3.8, 4) is 0 Å². The number of hydrogen-bond acceptors (Lipinski definition) is 5. The monoisotopic (exact) mass is 428 g/mol. The fourth-order valence-electron chi connectivity index (χ4n) is 3.47. The maximum Gasteiger partial charge on any atom is 0.338 e. The largest absolute Gasteiger partial charge is 0.452 e. The Morgan fingerprint density at radius 3 is 2.16 bits per heavy atom. The number of anilines is 1. The van der Waals surface area contributed by atoms with Crippen molar-refractivity contribution < 1.29 is 23.9 Å². The summed E-state index contributed by atoms with van der Waals surface area (Å²) < 4.78 is 5.24. The molecule has 0 saturated heterocycles. The molecule has 0 fully saturated rings. The molecule has 3 aromatic rings. The van der Waals surface area contributed by atoms with Gasteiger partial charge in [-0.25, -0.2) is 4.79 Å². The van der Waals surface area contributed by atoms with Crippen LogP contribution in [0.15, 0.2) is 78.9 Å². The number of imide groups is 1. The number of rotatable bonds is 6. The van der Waals surface area contributed by atoms with Crippen molar-refractivity contribution in [1.29, 1.82) is 0 Å². The zero-order chi connectivity index (χ0) is 22.7. The van der Waals surface area contributed by atoms with E-state index in [1.807, 2.05) is 60.7 Å². The van der Waals surface area contributed by atoms with Gasteiger partial charge in [-0.3, -0.25) is 19.3 Å². The number of fused-ring (bicyclic) bond motifs is 1. The maximum absolute atomic E-state index is 13.0. The lowest BCUT2D eigenvalue weighted by atomic mass is 10.1. The van der Waals surface area contributed by atoms with E-state index in [-0.39, 0.29) is 22.6 Å². The van der Waals surface area contributed by atoms with Crippen LogP contribution in [-0.4, -0.2) is 42.2 Å². The number of carbonyl (C=O) groups excluding carboxylic acids is 4. The first-order valence-corrected chi connectivity index (χ1v) is 9.98. The Morgan fingerprint density at radius 1 is 0.844 bits per heavy atom. The molecule has 0 saturated carbocycles. The van der Waals surface area contributed by atoms with Gasteiger partial charge in [-0.2, -0.15) is 0 Å². The van der Waals surface area contributed by atoms with Crippen LogP contribution in [0.3, 0.4) is 0 Å². The molecule has 7 heteroatoms. The third-order valence-electron chi connectivity index (χ3n) is 5.20. The van der Waals surface area contributed by atoms with E-state index >= 15 is 0 Å². The molecule has 160 valence electrons. The molecule has 0 spiro atoms. The van der Waals surface area contributed by atoms with Gasteiger partial charge in [0.15, 0.2) is 6.61 Å². The van der Waals surface area contributed by atoms with Crippen LogP contribution in [-0.2, 0) is 16.1 Å². The quantitative estimate of drug-likeness (QED) is 0.444. The fraction of sp³-hybridized carbons (Fsp3) is 0.120. The van der Waals surface area contributed by atoms with Crippen molar-refractivity contribution in [2.24, 2.45) is 0 Å². The number of para-hydroxylation sites is 1. The van der Waals surface area contributed by atoms with E-state index in [0.717, 1.165) is 10.5 Å². The van der Waals surface area contributed by atoms with E-state index in [9.17, 15) is 19.2 Å². The third-order valence-corrected chi connectivity index (χ3v) is 5.20. The molecule has 0 unspecified atom stereocenters. The predicted octanol–water partition coefficient (Wildman–Crippen LogP) is 3.30. The minimum absolute atomic E-state index is 0.0994. The van der Waals surface area contributed by atoms with Crippen molar-refractivity contribution >= 4 is 29.4 Å². The maximum atomic E-state index is 13.0. The van der Waals surface area contributed by atoms with Gasteiger partial charge in [0.05, 0.1) is 23.2 Å². The van der Waals surface area contributed by atoms with Crippen LogP contribution in [0.2, 0.25) is 0 Å². The zero-order valence-corrected chi connectivity index (χ0v) is 17.4. The van der Waals surface area contributed by atoms with Gasteiger partial charge in [-0.05, 0) is 35.9 Å². The molecule has 32 heavy (non-hydrogen) atoms. The van der Waals surface area contributed by atoms with Crippen LogP contribution >= 0.6 is 0 Å². The summed E-state index contributed by atoms with van der Waals surface area (Å²) in [5.41, 5.74) is 2.10. The Bertz CT molecular complexity index is 1190. The topological polar surface area (TPSA) is 84.0 Å². The van der Waals surface area contributed by atoms with Crippen molar-refractivity contribution in [1.82, 2.24) is 4.90 Å². The van der Waals surface area contributed by atoms with Gasteiger partial charge in [0.25, 0.3) is 17.7 Å². The van der Waals surface area contributed by atoms with Gasteiger partial charge in [0.1, 0.15) is 0 Å². The molecular weight excluding hydrogens is 408 g/mol. The first-order chi connectivity index (χ1) is 15.5. The molecule has 7 nitrogen and oxygen atoms in total. The summed E-state index contributed by atoms with van der Waals surface area (Å²) in [6, 6.07) is 22.8. The second-order valence-corrected chi connectivity index (χ2v) is 7.31. The minimum Gasteiger partial charge on any atom is -0.452 e. The molecule has 0 aromatic heterocycles. The van der Waals surface area contributed by atoms with Crippen LogP contribution in [0.1, 0.15) is 36.6 Å². The summed E-state index contributed by atoms with van der Waals surface area (Å²) in [7, 11) is 1.38. The Balaban J connectivity index is 1.48. The van der Waals surface area contributed by atoms with Gasteiger partial charge < -0.3 is 9.64 Å². The number of ether oxygens (including phenoxy) is 1. The number of esters is 1. The Hall–Kier alpha value is -4.26. The van der Waals surface area contributed by atoms with Crippen LogP contribution in [0.5, 0.6) is 0 Å². The number of amides is 3. The molecule has 4 rings (SSSR count). The van der Waals surface area contributed by atoms with Gasteiger partial charge in [0, 0.05) is 12.7 Å². The van der Waals surface area contributed by atoms with Crippen LogP contribution in [0, 0.1) is 0 Å². The second-order valence-electron chi connectivity index (χ2n) is 7.31. The van der Waals surface area contributed by atoms with Crippen LogP contribution in [0.25, 0.3) is 0 Å². The lowest BCUT2D eigenvalue weighted by molar-refractivity contribution is -0.121. The summed E-state index contributed by atoms with van der Waals surface area (Å²) in [6.07, 6.45) is 0. The summed E-state index contributed by atoms with van der Waals surface area (Å²) in [5.74, 6) is -2.03. The predicted molar refractivity (Wildman–Crippen MR) is 117 cm³/mol. The molecule has 0 bridgehead atoms. The van der Waals surface area contributed by atoms with E-state index in [1.165, 1.54) is 25.2 Å². The SMILES string of the molecule is CN1C(=O)c2ccc(C(=O)OCC(=O)N(Cc3ccccc3)c3ccccc3)cc2C1=O.